The smallest absolute Gasteiger partial charge is 0.266 e. The number of likely N-dealkylation sites (N-methyl/N-ethyl adjacent to an activating group) is 1. The molecule has 0 bridgehead atoms. The maximum Gasteiger partial charge on any atom is 0.266 e. The molecule has 4 rings (SSSR count). The number of aliphatic imine (C=N–C) groups is 1. The van der Waals surface area contributed by atoms with Crippen molar-refractivity contribution < 1.29 is 19.1 Å². The van der Waals surface area contributed by atoms with Gasteiger partial charge < -0.3 is 14.8 Å². The quantitative estimate of drug-likeness (QED) is 0.404. The number of ether oxygens (including phenoxy) is 2. The largest absolute Gasteiger partial charge is 0.497 e. The molecule has 1 N–H and O–H groups in total. The van der Waals surface area contributed by atoms with Crippen molar-refractivity contribution in [3.63, 3.8) is 0 Å². The Bertz CT molecular complexity index is 1300. The van der Waals surface area contributed by atoms with Crippen LogP contribution >= 0.6 is 11.8 Å². The van der Waals surface area contributed by atoms with E-state index in [2.05, 4.69) is 10.3 Å². The van der Waals surface area contributed by atoms with Gasteiger partial charge in [0.25, 0.3) is 11.8 Å². The molecular formula is C28H27N3O4S. The average molecular weight is 502 g/mol. The van der Waals surface area contributed by atoms with Gasteiger partial charge in [-0.05, 0) is 85.3 Å². The SMILES string of the molecule is CCN1C(=O)/C(=C/c2ccc(OCC(=O)Nc3ccccc3C)cc2)SC1=Nc1ccc(OC)cc1. The Labute approximate surface area is 214 Å². The molecule has 0 aromatic heterocycles. The van der Waals surface area contributed by atoms with E-state index in [1.54, 1.807) is 24.1 Å². The molecule has 0 saturated carbocycles. The van der Waals surface area contributed by atoms with E-state index < -0.39 is 0 Å². The monoisotopic (exact) mass is 501 g/mol. The fourth-order valence-corrected chi connectivity index (χ4v) is 4.56. The summed E-state index contributed by atoms with van der Waals surface area (Å²) < 4.78 is 10.8. The number of benzene rings is 3. The predicted molar refractivity (Wildman–Crippen MR) is 145 cm³/mol. The Morgan fingerprint density at radius 2 is 1.72 bits per heavy atom. The molecule has 184 valence electrons. The fourth-order valence-electron chi connectivity index (χ4n) is 3.50. The number of carbonyl (C=O) groups excluding carboxylic acids is 2. The number of methoxy groups -OCH3 is 1. The number of aryl methyl sites for hydroxylation is 1. The minimum Gasteiger partial charge on any atom is -0.497 e. The van der Waals surface area contributed by atoms with Gasteiger partial charge >= 0.3 is 0 Å². The van der Waals surface area contributed by atoms with Gasteiger partial charge in [0.05, 0.1) is 17.7 Å². The van der Waals surface area contributed by atoms with E-state index in [0.29, 0.717) is 22.4 Å². The van der Waals surface area contributed by atoms with Crippen LogP contribution in [0.15, 0.2) is 82.7 Å². The van der Waals surface area contributed by atoms with Crippen molar-refractivity contribution in [3.05, 3.63) is 88.8 Å². The Morgan fingerprint density at radius 3 is 2.39 bits per heavy atom. The van der Waals surface area contributed by atoms with Gasteiger partial charge in [0, 0.05) is 12.2 Å². The second-order valence-electron chi connectivity index (χ2n) is 7.97. The highest BCUT2D eigenvalue weighted by atomic mass is 32.2. The van der Waals surface area contributed by atoms with Gasteiger partial charge in [0.15, 0.2) is 11.8 Å². The molecule has 0 unspecified atom stereocenters. The number of rotatable bonds is 8. The van der Waals surface area contributed by atoms with E-state index in [0.717, 1.165) is 28.3 Å². The van der Waals surface area contributed by atoms with Crippen molar-refractivity contribution in [1.82, 2.24) is 4.90 Å². The summed E-state index contributed by atoms with van der Waals surface area (Å²) >= 11 is 1.34. The van der Waals surface area contributed by atoms with Crippen LogP contribution < -0.4 is 14.8 Å². The lowest BCUT2D eigenvalue weighted by molar-refractivity contribution is -0.122. The summed E-state index contributed by atoms with van der Waals surface area (Å²) in [5, 5.41) is 3.48. The van der Waals surface area contributed by atoms with Crippen LogP contribution in [0.5, 0.6) is 11.5 Å². The van der Waals surface area contributed by atoms with Crippen molar-refractivity contribution in [3.8, 4) is 11.5 Å². The molecule has 1 fully saturated rings. The Kier molecular flexibility index (Phi) is 8.07. The average Bonchev–Trinajstić information content (AvgIpc) is 3.18. The predicted octanol–water partition coefficient (Wildman–Crippen LogP) is 5.65. The van der Waals surface area contributed by atoms with Gasteiger partial charge in [-0.2, -0.15) is 0 Å². The molecule has 7 nitrogen and oxygen atoms in total. The lowest BCUT2D eigenvalue weighted by Gasteiger charge is -2.12. The molecule has 0 radical (unpaired) electrons. The van der Waals surface area contributed by atoms with Crippen molar-refractivity contribution >= 4 is 46.2 Å². The molecule has 3 aromatic carbocycles. The minimum absolute atomic E-state index is 0.0806. The Morgan fingerprint density at radius 1 is 1.03 bits per heavy atom. The van der Waals surface area contributed by atoms with E-state index in [4.69, 9.17) is 9.47 Å². The van der Waals surface area contributed by atoms with Crippen molar-refractivity contribution in [2.45, 2.75) is 13.8 Å². The van der Waals surface area contributed by atoms with E-state index in [1.165, 1.54) is 11.8 Å². The molecule has 1 aliphatic heterocycles. The van der Waals surface area contributed by atoms with Crippen molar-refractivity contribution in [2.75, 3.05) is 25.6 Å². The van der Waals surface area contributed by atoms with Crippen LogP contribution in [-0.4, -0.2) is 42.1 Å². The first-order valence-electron chi connectivity index (χ1n) is 11.5. The first-order chi connectivity index (χ1) is 17.5. The van der Waals surface area contributed by atoms with Crippen LogP contribution in [0.1, 0.15) is 18.1 Å². The topological polar surface area (TPSA) is 80.2 Å². The number of anilines is 1. The molecule has 0 aliphatic carbocycles. The number of para-hydroxylation sites is 1. The second-order valence-corrected chi connectivity index (χ2v) is 8.98. The summed E-state index contributed by atoms with van der Waals surface area (Å²) in [6.07, 6.45) is 1.83. The van der Waals surface area contributed by atoms with Gasteiger partial charge in [-0.3, -0.25) is 14.5 Å². The van der Waals surface area contributed by atoms with Crippen molar-refractivity contribution in [2.24, 2.45) is 4.99 Å². The maximum atomic E-state index is 12.9. The molecule has 0 spiro atoms. The molecule has 36 heavy (non-hydrogen) atoms. The van der Waals surface area contributed by atoms with Gasteiger partial charge in [0.1, 0.15) is 11.5 Å². The Balaban J connectivity index is 1.39. The molecular weight excluding hydrogens is 474 g/mol. The summed E-state index contributed by atoms with van der Waals surface area (Å²) in [5.41, 5.74) is 3.35. The molecule has 2 amide bonds. The van der Waals surface area contributed by atoms with Crippen LogP contribution in [0, 0.1) is 6.92 Å². The number of nitrogens with zero attached hydrogens (tertiary/aromatic N) is 2. The van der Waals surface area contributed by atoms with E-state index in [-0.39, 0.29) is 18.4 Å². The zero-order valence-electron chi connectivity index (χ0n) is 20.4. The molecule has 0 atom stereocenters. The van der Waals surface area contributed by atoms with E-state index >= 15 is 0 Å². The zero-order chi connectivity index (χ0) is 25.5. The maximum absolute atomic E-state index is 12.9. The third-order valence-electron chi connectivity index (χ3n) is 5.47. The standard InChI is InChI=1S/C28H27N3O4S/c1-4-31-27(33)25(36-28(31)29-21-11-15-22(34-3)16-12-21)17-20-9-13-23(14-10-20)35-18-26(32)30-24-8-6-5-7-19(24)2/h5-17H,4,18H2,1-3H3,(H,30,32)/b25-17-,29-28?. The van der Waals surface area contributed by atoms with Crippen LogP contribution in [0.4, 0.5) is 11.4 Å². The van der Waals surface area contributed by atoms with Gasteiger partial charge in [-0.15, -0.1) is 0 Å². The minimum atomic E-state index is -0.230. The number of hydrogen-bond donors (Lipinski definition) is 1. The van der Waals surface area contributed by atoms with E-state index in [1.807, 2.05) is 80.6 Å². The lowest BCUT2D eigenvalue weighted by Crippen LogP contribution is -2.28. The number of thioether (sulfide) groups is 1. The second kappa shape index (κ2) is 11.6. The molecule has 8 heteroatoms. The first kappa shape index (κ1) is 25.1. The van der Waals surface area contributed by atoms with Crippen LogP contribution in [-0.2, 0) is 9.59 Å². The van der Waals surface area contributed by atoms with E-state index in [9.17, 15) is 9.59 Å². The molecule has 3 aromatic rings. The highest BCUT2D eigenvalue weighted by Gasteiger charge is 2.32. The fraction of sp³-hybridized carbons (Fsp3) is 0.179. The van der Waals surface area contributed by atoms with Gasteiger partial charge in [-0.25, -0.2) is 4.99 Å². The molecule has 1 saturated heterocycles. The highest BCUT2D eigenvalue weighted by Crippen LogP contribution is 2.34. The number of amidine groups is 1. The summed E-state index contributed by atoms with van der Waals surface area (Å²) in [5.74, 6) is 1.01. The number of amides is 2. The summed E-state index contributed by atoms with van der Waals surface area (Å²) in [7, 11) is 1.62. The summed E-state index contributed by atoms with van der Waals surface area (Å²) in [4.78, 5) is 32.0. The number of carbonyl (C=O) groups is 2. The highest BCUT2D eigenvalue weighted by molar-refractivity contribution is 8.18. The first-order valence-corrected chi connectivity index (χ1v) is 12.3. The van der Waals surface area contributed by atoms with Crippen LogP contribution in [0.25, 0.3) is 6.08 Å². The third-order valence-corrected chi connectivity index (χ3v) is 6.48. The number of nitrogens with one attached hydrogen (secondary N) is 1. The normalized spacial score (nSPS) is 15.4. The summed E-state index contributed by atoms with van der Waals surface area (Å²) in [6, 6.07) is 22.2. The van der Waals surface area contributed by atoms with Gasteiger partial charge in [0.2, 0.25) is 0 Å². The molecule has 1 heterocycles. The Hall–Kier alpha value is -4.04. The molecule has 1 aliphatic rings. The zero-order valence-corrected chi connectivity index (χ0v) is 21.2. The van der Waals surface area contributed by atoms with Crippen LogP contribution in [0.2, 0.25) is 0 Å². The summed E-state index contributed by atoms with van der Waals surface area (Å²) in [6.45, 7) is 4.28. The van der Waals surface area contributed by atoms with Gasteiger partial charge in [-0.1, -0.05) is 30.3 Å². The van der Waals surface area contributed by atoms with Crippen LogP contribution in [0.3, 0.4) is 0 Å². The third kappa shape index (κ3) is 6.14. The lowest BCUT2D eigenvalue weighted by atomic mass is 10.2. The number of hydrogen-bond acceptors (Lipinski definition) is 6. The van der Waals surface area contributed by atoms with Crippen molar-refractivity contribution in [1.29, 1.82) is 0 Å².